The van der Waals surface area contributed by atoms with Gasteiger partial charge >= 0.3 is 0 Å². The Morgan fingerprint density at radius 1 is 1.44 bits per heavy atom. The van der Waals surface area contributed by atoms with Crippen molar-refractivity contribution in [2.75, 3.05) is 19.3 Å². The van der Waals surface area contributed by atoms with Crippen molar-refractivity contribution >= 4 is 11.8 Å². The maximum atomic E-state index is 11.4. The number of nitrogens with one attached hydrogen (secondary N) is 1. The minimum Gasteiger partial charge on any atom is -0.315 e. The van der Waals surface area contributed by atoms with Gasteiger partial charge in [0.2, 0.25) is 0 Å². The molecule has 1 aromatic heterocycles. The Morgan fingerprint density at radius 2 is 2.25 bits per heavy atom. The minimum atomic E-state index is 0.0711. The number of thioether (sulfide) groups is 1. The van der Waals surface area contributed by atoms with Crippen molar-refractivity contribution in [3.63, 3.8) is 0 Å². The van der Waals surface area contributed by atoms with Crippen molar-refractivity contribution in [1.82, 2.24) is 9.88 Å². The van der Waals surface area contributed by atoms with Crippen LogP contribution in [-0.4, -0.2) is 29.2 Å². The highest BCUT2D eigenvalue weighted by Crippen LogP contribution is 2.07. The van der Waals surface area contributed by atoms with Gasteiger partial charge in [0, 0.05) is 30.6 Å². The summed E-state index contributed by atoms with van der Waals surface area (Å²) in [6.07, 6.45) is 5.13. The first-order chi connectivity index (χ1) is 7.74. The Bertz CT molecular complexity index is 351. The molecule has 0 bridgehead atoms. The van der Waals surface area contributed by atoms with E-state index in [0.29, 0.717) is 5.25 Å². The second-order valence-electron chi connectivity index (χ2n) is 3.82. The summed E-state index contributed by atoms with van der Waals surface area (Å²) in [6.45, 7) is 4.84. The number of pyridine rings is 1. The highest BCUT2D eigenvalue weighted by Gasteiger charge is 1.98. The molecular formula is C12H20N2OS. The van der Waals surface area contributed by atoms with Gasteiger partial charge in [0.1, 0.15) is 0 Å². The highest BCUT2D eigenvalue weighted by molar-refractivity contribution is 7.99. The molecule has 90 valence electrons. The quantitative estimate of drug-likeness (QED) is 0.735. The molecular weight excluding hydrogens is 220 g/mol. The van der Waals surface area contributed by atoms with E-state index in [9.17, 15) is 4.79 Å². The van der Waals surface area contributed by atoms with Gasteiger partial charge in [0.15, 0.2) is 0 Å². The van der Waals surface area contributed by atoms with E-state index in [1.54, 1.807) is 16.7 Å². The molecule has 0 aliphatic rings. The van der Waals surface area contributed by atoms with Crippen LogP contribution < -0.4 is 10.9 Å². The van der Waals surface area contributed by atoms with Crippen LogP contribution in [0.1, 0.15) is 13.3 Å². The lowest BCUT2D eigenvalue weighted by Crippen LogP contribution is -2.27. The fourth-order valence-electron chi connectivity index (χ4n) is 1.39. The standard InChI is InChI=1S/C12H20N2OS/c1-11(16-2)6-7-13-8-10-14-9-4-3-5-12(14)15/h3-5,9,11,13H,6-8,10H2,1-2H3. The molecule has 0 aromatic carbocycles. The van der Waals surface area contributed by atoms with Crippen LogP contribution in [0.3, 0.4) is 0 Å². The van der Waals surface area contributed by atoms with Crippen LogP contribution >= 0.6 is 11.8 Å². The summed E-state index contributed by atoms with van der Waals surface area (Å²) in [5, 5.41) is 4.05. The summed E-state index contributed by atoms with van der Waals surface area (Å²) in [7, 11) is 0. The summed E-state index contributed by atoms with van der Waals surface area (Å²) in [4.78, 5) is 11.4. The smallest absolute Gasteiger partial charge is 0.250 e. The van der Waals surface area contributed by atoms with E-state index in [4.69, 9.17) is 0 Å². The van der Waals surface area contributed by atoms with Gasteiger partial charge in [-0.15, -0.1) is 0 Å². The average molecular weight is 240 g/mol. The fraction of sp³-hybridized carbons (Fsp3) is 0.583. The molecule has 16 heavy (non-hydrogen) atoms. The monoisotopic (exact) mass is 240 g/mol. The fourth-order valence-corrected chi connectivity index (χ4v) is 1.75. The summed E-state index contributed by atoms with van der Waals surface area (Å²) in [5.41, 5.74) is 0.0711. The second-order valence-corrected chi connectivity index (χ2v) is 5.09. The Balaban J connectivity index is 2.17. The lowest BCUT2D eigenvalue weighted by molar-refractivity contribution is 0.573. The third kappa shape index (κ3) is 4.86. The SMILES string of the molecule is CSC(C)CCNCCn1ccccc1=O. The normalized spacial score (nSPS) is 12.6. The molecule has 0 saturated heterocycles. The predicted octanol–water partition coefficient (Wildman–Crippen LogP) is 1.58. The molecule has 1 unspecified atom stereocenters. The Morgan fingerprint density at radius 3 is 2.94 bits per heavy atom. The average Bonchev–Trinajstić information content (AvgIpc) is 2.30. The molecule has 1 aromatic rings. The molecule has 3 nitrogen and oxygen atoms in total. The molecule has 0 aliphatic heterocycles. The van der Waals surface area contributed by atoms with Crippen LogP contribution in [-0.2, 0) is 6.54 Å². The maximum absolute atomic E-state index is 11.4. The molecule has 1 heterocycles. The number of rotatable bonds is 7. The van der Waals surface area contributed by atoms with Gasteiger partial charge in [-0.05, 0) is 25.3 Å². The van der Waals surface area contributed by atoms with Crippen molar-refractivity contribution in [3.05, 3.63) is 34.7 Å². The van der Waals surface area contributed by atoms with Crippen LogP contribution in [0, 0.1) is 0 Å². The lowest BCUT2D eigenvalue weighted by Gasteiger charge is -2.09. The van der Waals surface area contributed by atoms with Crippen molar-refractivity contribution in [2.45, 2.75) is 25.1 Å². The third-order valence-corrected chi connectivity index (χ3v) is 3.60. The molecule has 0 amide bonds. The van der Waals surface area contributed by atoms with Crippen LogP contribution in [0.25, 0.3) is 0 Å². The molecule has 1 atom stereocenters. The van der Waals surface area contributed by atoms with E-state index in [1.807, 2.05) is 24.0 Å². The summed E-state index contributed by atoms with van der Waals surface area (Å²) in [6, 6.07) is 5.25. The zero-order chi connectivity index (χ0) is 11.8. The van der Waals surface area contributed by atoms with Crippen LogP contribution in [0.4, 0.5) is 0 Å². The zero-order valence-electron chi connectivity index (χ0n) is 9.98. The number of nitrogens with zero attached hydrogens (tertiary/aromatic N) is 1. The maximum Gasteiger partial charge on any atom is 0.250 e. The van der Waals surface area contributed by atoms with Gasteiger partial charge in [-0.2, -0.15) is 11.8 Å². The van der Waals surface area contributed by atoms with Gasteiger partial charge < -0.3 is 9.88 Å². The lowest BCUT2D eigenvalue weighted by atomic mass is 10.3. The van der Waals surface area contributed by atoms with E-state index in [1.165, 1.54) is 6.42 Å². The molecule has 0 saturated carbocycles. The Kier molecular flexibility index (Phi) is 6.26. The van der Waals surface area contributed by atoms with E-state index in [-0.39, 0.29) is 5.56 Å². The second kappa shape index (κ2) is 7.52. The molecule has 0 spiro atoms. The van der Waals surface area contributed by atoms with E-state index in [0.717, 1.165) is 19.6 Å². The van der Waals surface area contributed by atoms with Crippen LogP contribution in [0.5, 0.6) is 0 Å². The van der Waals surface area contributed by atoms with Gasteiger partial charge in [-0.25, -0.2) is 0 Å². The van der Waals surface area contributed by atoms with Crippen LogP contribution in [0.2, 0.25) is 0 Å². The largest absolute Gasteiger partial charge is 0.315 e. The van der Waals surface area contributed by atoms with E-state index >= 15 is 0 Å². The van der Waals surface area contributed by atoms with Gasteiger partial charge in [0.05, 0.1) is 0 Å². The number of aromatic nitrogens is 1. The summed E-state index contributed by atoms with van der Waals surface area (Å²) >= 11 is 1.89. The van der Waals surface area contributed by atoms with Crippen molar-refractivity contribution < 1.29 is 0 Å². The highest BCUT2D eigenvalue weighted by atomic mass is 32.2. The Hall–Kier alpha value is -0.740. The van der Waals surface area contributed by atoms with Gasteiger partial charge in [0.25, 0.3) is 5.56 Å². The van der Waals surface area contributed by atoms with Gasteiger partial charge in [-0.3, -0.25) is 4.79 Å². The zero-order valence-corrected chi connectivity index (χ0v) is 10.8. The first-order valence-corrected chi connectivity index (χ1v) is 6.92. The number of hydrogen-bond acceptors (Lipinski definition) is 3. The molecule has 1 rings (SSSR count). The molecule has 0 radical (unpaired) electrons. The van der Waals surface area contributed by atoms with E-state index < -0.39 is 0 Å². The first-order valence-electron chi connectivity index (χ1n) is 5.63. The number of hydrogen-bond donors (Lipinski definition) is 1. The minimum absolute atomic E-state index is 0.0711. The van der Waals surface area contributed by atoms with Crippen molar-refractivity contribution in [1.29, 1.82) is 0 Å². The first kappa shape index (κ1) is 13.3. The molecule has 0 fully saturated rings. The summed E-state index contributed by atoms with van der Waals surface area (Å²) < 4.78 is 1.73. The molecule has 1 N–H and O–H groups in total. The van der Waals surface area contributed by atoms with E-state index in [2.05, 4.69) is 18.5 Å². The van der Waals surface area contributed by atoms with Crippen molar-refractivity contribution in [3.8, 4) is 0 Å². The Labute approximate surface area is 101 Å². The van der Waals surface area contributed by atoms with Crippen LogP contribution in [0.15, 0.2) is 29.2 Å². The summed E-state index contributed by atoms with van der Waals surface area (Å²) in [5.74, 6) is 0. The molecule has 0 aliphatic carbocycles. The predicted molar refractivity (Wildman–Crippen MR) is 71.2 cm³/mol. The topological polar surface area (TPSA) is 34.0 Å². The van der Waals surface area contributed by atoms with Gasteiger partial charge in [-0.1, -0.05) is 13.0 Å². The third-order valence-electron chi connectivity index (χ3n) is 2.56. The van der Waals surface area contributed by atoms with Crippen molar-refractivity contribution in [2.24, 2.45) is 0 Å². The molecule has 4 heteroatoms.